The summed E-state index contributed by atoms with van der Waals surface area (Å²) in [5.74, 6) is 0.568. The quantitative estimate of drug-likeness (QED) is 0.576. The summed E-state index contributed by atoms with van der Waals surface area (Å²) in [6, 6.07) is 5.00. The lowest BCUT2D eigenvalue weighted by molar-refractivity contribution is 0.0389. The fourth-order valence-electron chi connectivity index (χ4n) is 2.43. The van der Waals surface area contributed by atoms with E-state index < -0.39 is 0 Å². The highest BCUT2D eigenvalue weighted by atomic mass is 79.9. The van der Waals surface area contributed by atoms with Gasteiger partial charge in [0, 0.05) is 44.2 Å². The molecule has 1 aliphatic heterocycles. The van der Waals surface area contributed by atoms with E-state index in [1.165, 1.54) is 6.07 Å². The third-order valence-corrected chi connectivity index (χ3v) is 4.24. The molecule has 0 aromatic heterocycles. The third-order valence-electron chi connectivity index (χ3n) is 3.74. The van der Waals surface area contributed by atoms with Crippen LogP contribution in [0.3, 0.4) is 0 Å². The molecule has 0 radical (unpaired) electrons. The number of hydrogen-bond donors (Lipinski definition) is 2. The van der Waals surface area contributed by atoms with Crippen LogP contribution in [-0.2, 0) is 11.2 Å². The molecule has 1 aromatic carbocycles. The Morgan fingerprint density at radius 2 is 2.04 bits per heavy atom. The molecule has 1 heterocycles. The molecule has 0 aliphatic carbocycles. The molecule has 0 spiro atoms. The van der Waals surface area contributed by atoms with Crippen LogP contribution >= 0.6 is 15.9 Å². The number of nitrogens with one attached hydrogen (secondary N) is 2. The molecule has 0 unspecified atom stereocenters. The van der Waals surface area contributed by atoms with Gasteiger partial charge >= 0.3 is 0 Å². The van der Waals surface area contributed by atoms with E-state index in [0.29, 0.717) is 18.5 Å². The first-order chi connectivity index (χ1) is 11.2. The van der Waals surface area contributed by atoms with E-state index in [1.54, 1.807) is 13.1 Å². The first-order valence-electron chi connectivity index (χ1n) is 7.87. The van der Waals surface area contributed by atoms with Crippen molar-refractivity contribution in [2.24, 2.45) is 4.99 Å². The van der Waals surface area contributed by atoms with Crippen LogP contribution in [0.4, 0.5) is 4.39 Å². The summed E-state index contributed by atoms with van der Waals surface area (Å²) in [4.78, 5) is 6.55. The summed E-state index contributed by atoms with van der Waals surface area (Å²) < 4.78 is 19.9. The van der Waals surface area contributed by atoms with Crippen LogP contribution in [0.2, 0.25) is 0 Å². The van der Waals surface area contributed by atoms with Crippen molar-refractivity contribution in [1.82, 2.24) is 15.5 Å². The van der Waals surface area contributed by atoms with Crippen LogP contribution in [-0.4, -0.2) is 63.8 Å². The summed E-state index contributed by atoms with van der Waals surface area (Å²) >= 11 is 3.37. The minimum absolute atomic E-state index is 0.176. The van der Waals surface area contributed by atoms with Crippen LogP contribution in [0.1, 0.15) is 5.56 Å². The van der Waals surface area contributed by atoms with Crippen LogP contribution < -0.4 is 10.6 Å². The maximum absolute atomic E-state index is 13.7. The summed E-state index contributed by atoms with van der Waals surface area (Å²) in [5.41, 5.74) is 0.690. The fourth-order valence-corrected chi connectivity index (χ4v) is 2.84. The molecule has 7 heteroatoms. The van der Waals surface area contributed by atoms with Gasteiger partial charge in [-0.25, -0.2) is 4.39 Å². The molecular weight excluding hydrogens is 363 g/mol. The van der Waals surface area contributed by atoms with Gasteiger partial charge < -0.3 is 15.4 Å². The molecule has 5 nitrogen and oxygen atoms in total. The second-order valence-corrected chi connectivity index (χ2v) is 6.28. The summed E-state index contributed by atoms with van der Waals surface area (Å²) in [7, 11) is 1.74. The van der Waals surface area contributed by atoms with E-state index in [4.69, 9.17) is 4.74 Å². The Labute approximate surface area is 145 Å². The van der Waals surface area contributed by atoms with E-state index in [9.17, 15) is 4.39 Å². The lowest BCUT2D eigenvalue weighted by atomic mass is 10.1. The minimum Gasteiger partial charge on any atom is -0.379 e. The first-order valence-corrected chi connectivity index (χ1v) is 8.67. The SMILES string of the molecule is CN=C(NCCc1cc(Br)ccc1F)NCCN1CCOCC1. The molecule has 0 amide bonds. The van der Waals surface area contributed by atoms with Crippen molar-refractivity contribution < 1.29 is 9.13 Å². The monoisotopic (exact) mass is 386 g/mol. The Hall–Kier alpha value is -1.18. The normalized spacial score (nSPS) is 16.4. The Kier molecular flexibility index (Phi) is 7.78. The number of hydrogen-bond acceptors (Lipinski definition) is 3. The number of rotatable bonds is 6. The van der Waals surface area contributed by atoms with Crippen LogP contribution in [0.25, 0.3) is 0 Å². The number of nitrogens with zero attached hydrogens (tertiary/aromatic N) is 2. The van der Waals surface area contributed by atoms with Gasteiger partial charge in [0.25, 0.3) is 0 Å². The van der Waals surface area contributed by atoms with Gasteiger partial charge in [-0.15, -0.1) is 0 Å². The average Bonchev–Trinajstić information content (AvgIpc) is 2.57. The minimum atomic E-state index is -0.176. The predicted octanol–water partition coefficient (Wildman–Crippen LogP) is 1.63. The lowest BCUT2D eigenvalue weighted by Gasteiger charge is -2.26. The highest BCUT2D eigenvalue weighted by Gasteiger charge is 2.09. The van der Waals surface area contributed by atoms with Crippen molar-refractivity contribution in [3.8, 4) is 0 Å². The Bertz CT molecular complexity index is 521. The molecule has 2 N–H and O–H groups in total. The maximum Gasteiger partial charge on any atom is 0.191 e. The Morgan fingerprint density at radius 1 is 1.30 bits per heavy atom. The highest BCUT2D eigenvalue weighted by Crippen LogP contribution is 2.15. The average molecular weight is 387 g/mol. The molecule has 2 rings (SSSR count). The summed E-state index contributed by atoms with van der Waals surface area (Å²) in [6.45, 7) is 6.00. The molecule has 1 saturated heterocycles. The standard InChI is InChI=1S/C16H24BrFN4O/c1-19-16(21-6-7-22-8-10-23-11-9-22)20-5-4-13-12-14(17)2-3-15(13)18/h2-3,12H,4-11H2,1H3,(H2,19,20,21). The second-order valence-electron chi connectivity index (χ2n) is 5.37. The zero-order chi connectivity index (χ0) is 16.5. The molecule has 1 aromatic rings. The van der Waals surface area contributed by atoms with E-state index in [-0.39, 0.29) is 5.82 Å². The van der Waals surface area contributed by atoms with Crippen molar-refractivity contribution in [3.05, 3.63) is 34.1 Å². The van der Waals surface area contributed by atoms with Gasteiger partial charge in [0.1, 0.15) is 5.82 Å². The van der Waals surface area contributed by atoms with Crippen molar-refractivity contribution in [2.75, 3.05) is 53.0 Å². The van der Waals surface area contributed by atoms with E-state index in [1.807, 2.05) is 6.07 Å². The fraction of sp³-hybridized carbons (Fsp3) is 0.562. The number of ether oxygens (including phenoxy) is 1. The van der Waals surface area contributed by atoms with Gasteiger partial charge in [-0.05, 0) is 30.2 Å². The molecule has 128 valence electrons. The molecule has 0 bridgehead atoms. The van der Waals surface area contributed by atoms with E-state index in [2.05, 4.69) is 36.5 Å². The van der Waals surface area contributed by atoms with Gasteiger partial charge in [0.05, 0.1) is 13.2 Å². The van der Waals surface area contributed by atoms with Crippen molar-refractivity contribution in [2.45, 2.75) is 6.42 Å². The van der Waals surface area contributed by atoms with Gasteiger partial charge in [-0.3, -0.25) is 9.89 Å². The lowest BCUT2D eigenvalue weighted by Crippen LogP contribution is -2.44. The van der Waals surface area contributed by atoms with Gasteiger partial charge in [-0.2, -0.15) is 0 Å². The highest BCUT2D eigenvalue weighted by molar-refractivity contribution is 9.10. The largest absolute Gasteiger partial charge is 0.379 e. The maximum atomic E-state index is 13.7. The van der Waals surface area contributed by atoms with Crippen molar-refractivity contribution in [1.29, 1.82) is 0 Å². The zero-order valence-corrected chi connectivity index (χ0v) is 15.0. The Morgan fingerprint density at radius 3 is 2.78 bits per heavy atom. The van der Waals surface area contributed by atoms with Crippen LogP contribution in [0.5, 0.6) is 0 Å². The smallest absolute Gasteiger partial charge is 0.191 e. The molecule has 23 heavy (non-hydrogen) atoms. The predicted molar refractivity (Wildman–Crippen MR) is 94.4 cm³/mol. The third kappa shape index (κ3) is 6.45. The molecule has 1 aliphatic rings. The molecule has 0 saturated carbocycles. The topological polar surface area (TPSA) is 48.9 Å². The first kappa shape index (κ1) is 18.2. The van der Waals surface area contributed by atoms with Gasteiger partial charge in [-0.1, -0.05) is 15.9 Å². The number of guanidine groups is 1. The Balaban J connectivity index is 1.67. The number of aliphatic imine (C=N–C) groups is 1. The molecule has 1 fully saturated rings. The van der Waals surface area contributed by atoms with Crippen molar-refractivity contribution >= 4 is 21.9 Å². The molecule has 0 atom stereocenters. The van der Waals surface area contributed by atoms with Gasteiger partial charge in [0.2, 0.25) is 0 Å². The van der Waals surface area contributed by atoms with E-state index in [0.717, 1.165) is 49.8 Å². The van der Waals surface area contributed by atoms with Crippen molar-refractivity contribution in [3.63, 3.8) is 0 Å². The zero-order valence-electron chi connectivity index (χ0n) is 13.4. The van der Waals surface area contributed by atoms with Crippen LogP contribution in [0, 0.1) is 5.82 Å². The van der Waals surface area contributed by atoms with Gasteiger partial charge in [0.15, 0.2) is 5.96 Å². The number of morpholine rings is 1. The number of benzene rings is 1. The molecular formula is C16H24BrFN4O. The van der Waals surface area contributed by atoms with Crippen LogP contribution in [0.15, 0.2) is 27.7 Å². The second kappa shape index (κ2) is 9.85. The summed E-state index contributed by atoms with van der Waals surface area (Å²) in [6.07, 6.45) is 0.607. The number of halogens is 2. The summed E-state index contributed by atoms with van der Waals surface area (Å²) in [5, 5.41) is 6.50. The van der Waals surface area contributed by atoms with E-state index >= 15 is 0 Å².